The number of ether oxygens (including phenoxy) is 1. The zero-order valence-electron chi connectivity index (χ0n) is 7.50. The van der Waals surface area contributed by atoms with E-state index in [2.05, 4.69) is 0 Å². The Hall–Kier alpha value is -0.135. The highest BCUT2D eigenvalue weighted by Gasteiger charge is 2.42. The van der Waals surface area contributed by atoms with Gasteiger partial charge in [0.2, 0.25) is 0 Å². The number of aliphatic hydroxyl groups excluding tert-OH is 4. The standard InChI is InChI=1S/C7H15BO5/c8-1-3-5(10)7(12)6(11)4(2-9)13-3/h3-7,9-12H,1-2,8H2/t3-,4?,5?,6+,7?/m1/s1. The molecule has 13 heavy (non-hydrogen) atoms. The van der Waals surface area contributed by atoms with Crippen molar-refractivity contribution in [1.29, 1.82) is 0 Å². The normalized spacial score (nSPS) is 46.3. The maximum absolute atomic E-state index is 9.40. The Morgan fingerprint density at radius 3 is 2.00 bits per heavy atom. The van der Waals surface area contributed by atoms with E-state index in [-0.39, 0.29) is 6.61 Å². The number of hydrogen-bond donors (Lipinski definition) is 4. The van der Waals surface area contributed by atoms with Crippen molar-refractivity contribution in [1.82, 2.24) is 0 Å². The van der Waals surface area contributed by atoms with Gasteiger partial charge in [0.15, 0.2) is 0 Å². The van der Waals surface area contributed by atoms with Crippen LogP contribution in [-0.2, 0) is 4.74 Å². The fourth-order valence-electron chi connectivity index (χ4n) is 1.52. The lowest BCUT2D eigenvalue weighted by Crippen LogP contribution is -2.58. The molecule has 76 valence electrons. The molecule has 0 amide bonds. The molecule has 4 N–H and O–H groups in total. The molecule has 0 saturated carbocycles. The van der Waals surface area contributed by atoms with E-state index >= 15 is 0 Å². The van der Waals surface area contributed by atoms with Crippen molar-refractivity contribution in [2.24, 2.45) is 0 Å². The van der Waals surface area contributed by atoms with E-state index in [9.17, 15) is 15.3 Å². The predicted molar refractivity (Wildman–Crippen MR) is 47.1 cm³/mol. The van der Waals surface area contributed by atoms with Crippen LogP contribution in [0.4, 0.5) is 0 Å². The smallest absolute Gasteiger partial charge is 0.111 e. The molecule has 1 aliphatic rings. The van der Waals surface area contributed by atoms with E-state index in [0.29, 0.717) is 6.32 Å². The van der Waals surface area contributed by atoms with E-state index in [4.69, 9.17) is 9.84 Å². The third-order valence-electron chi connectivity index (χ3n) is 2.39. The second kappa shape index (κ2) is 4.39. The number of aliphatic hydroxyl groups is 4. The molecule has 0 bridgehead atoms. The summed E-state index contributed by atoms with van der Waals surface area (Å²) in [6, 6.07) is 0. The van der Waals surface area contributed by atoms with Crippen LogP contribution in [-0.4, -0.2) is 65.4 Å². The van der Waals surface area contributed by atoms with Crippen molar-refractivity contribution in [2.75, 3.05) is 6.61 Å². The fraction of sp³-hybridized carbons (Fsp3) is 1.00. The third-order valence-corrected chi connectivity index (χ3v) is 2.39. The molecule has 0 aliphatic carbocycles. The molecule has 1 rings (SSSR count). The van der Waals surface area contributed by atoms with Crippen LogP contribution < -0.4 is 0 Å². The largest absolute Gasteiger partial charge is 0.394 e. The van der Waals surface area contributed by atoms with Gasteiger partial charge in [0.25, 0.3) is 0 Å². The summed E-state index contributed by atoms with van der Waals surface area (Å²) < 4.78 is 5.17. The Labute approximate surface area is 77.4 Å². The molecule has 1 saturated heterocycles. The topological polar surface area (TPSA) is 90.2 Å². The molecule has 0 aromatic heterocycles. The molecule has 5 nitrogen and oxygen atoms in total. The average molecular weight is 190 g/mol. The average Bonchev–Trinajstić information content (AvgIpc) is 2.15. The van der Waals surface area contributed by atoms with Crippen molar-refractivity contribution in [3.8, 4) is 0 Å². The Morgan fingerprint density at radius 1 is 1.00 bits per heavy atom. The molecule has 1 fully saturated rings. The zero-order chi connectivity index (χ0) is 10.0. The molecule has 0 spiro atoms. The highest BCUT2D eigenvalue weighted by Crippen LogP contribution is 2.22. The Balaban J connectivity index is 2.66. The lowest BCUT2D eigenvalue weighted by atomic mass is 9.87. The number of rotatable bonds is 2. The minimum atomic E-state index is -1.24. The number of hydrogen-bond acceptors (Lipinski definition) is 5. The van der Waals surface area contributed by atoms with Crippen LogP contribution in [0.25, 0.3) is 0 Å². The Morgan fingerprint density at radius 2 is 1.54 bits per heavy atom. The van der Waals surface area contributed by atoms with Gasteiger partial charge in [-0.1, -0.05) is 6.32 Å². The fourth-order valence-corrected chi connectivity index (χ4v) is 1.52. The molecule has 0 aromatic rings. The van der Waals surface area contributed by atoms with Gasteiger partial charge < -0.3 is 25.2 Å². The summed E-state index contributed by atoms with van der Waals surface area (Å²) in [5.41, 5.74) is 0. The van der Waals surface area contributed by atoms with Gasteiger partial charge in [-0.3, -0.25) is 0 Å². The van der Waals surface area contributed by atoms with Gasteiger partial charge in [0.1, 0.15) is 32.3 Å². The first-order chi connectivity index (χ1) is 6.11. The molecule has 6 heteroatoms. The second-order valence-electron chi connectivity index (χ2n) is 3.28. The molecular weight excluding hydrogens is 175 g/mol. The summed E-state index contributed by atoms with van der Waals surface area (Å²) in [5, 5.41) is 36.9. The quantitative estimate of drug-likeness (QED) is 0.346. The first kappa shape index (κ1) is 10.9. The third kappa shape index (κ3) is 2.03. The van der Waals surface area contributed by atoms with Crippen LogP contribution in [0.1, 0.15) is 0 Å². The maximum atomic E-state index is 9.40. The molecule has 5 atom stereocenters. The van der Waals surface area contributed by atoms with Crippen molar-refractivity contribution in [3.05, 3.63) is 0 Å². The van der Waals surface area contributed by atoms with Crippen molar-refractivity contribution < 1.29 is 25.2 Å². The summed E-state index contributed by atoms with van der Waals surface area (Å²) in [4.78, 5) is 0. The van der Waals surface area contributed by atoms with Gasteiger partial charge in [-0.15, -0.1) is 0 Å². The van der Waals surface area contributed by atoms with Gasteiger partial charge in [0.05, 0.1) is 12.7 Å². The molecule has 1 aliphatic heterocycles. The summed E-state index contributed by atoms with van der Waals surface area (Å²) in [6.07, 6.45) is -4.33. The second-order valence-corrected chi connectivity index (χ2v) is 3.28. The Kier molecular flexibility index (Phi) is 3.69. The van der Waals surface area contributed by atoms with Crippen LogP contribution in [0.5, 0.6) is 0 Å². The van der Waals surface area contributed by atoms with Gasteiger partial charge in [-0.25, -0.2) is 0 Å². The van der Waals surface area contributed by atoms with E-state index in [1.54, 1.807) is 7.85 Å². The van der Waals surface area contributed by atoms with Crippen molar-refractivity contribution >= 4 is 7.85 Å². The molecular formula is C7H15BO5. The van der Waals surface area contributed by atoms with Gasteiger partial charge in [-0.05, 0) is 0 Å². The SMILES string of the molecule is BC[C@H]1OC(CO)[C@H](O)C(O)C1O. The first-order valence-electron chi connectivity index (χ1n) is 4.42. The van der Waals surface area contributed by atoms with E-state index < -0.39 is 30.5 Å². The lowest BCUT2D eigenvalue weighted by Gasteiger charge is -2.39. The summed E-state index contributed by atoms with van der Waals surface area (Å²) in [6.45, 7) is -0.360. The van der Waals surface area contributed by atoms with Crippen molar-refractivity contribution in [3.63, 3.8) is 0 Å². The van der Waals surface area contributed by atoms with Crippen LogP contribution in [0.3, 0.4) is 0 Å². The molecule has 1 heterocycles. The van der Waals surface area contributed by atoms with Crippen LogP contribution in [0.15, 0.2) is 0 Å². The van der Waals surface area contributed by atoms with Crippen LogP contribution in [0.2, 0.25) is 6.32 Å². The van der Waals surface area contributed by atoms with E-state index in [1.165, 1.54) is 0 Å². The zero-order valence-corrected chi connectivity index (χ0v) is 7.50. The maximum Gasteiger partial charge on any atom is 0.111 e. The van der Waals surface area contributed by atoms with Crippen LogP contribution >= 0.6 is 0 Å². The minimum absolute atomic E-state index is 0.360. The highest BCUT2D eigenvalue weighted by atomic mass is 16.5. The first-order valence-corrected chi connectivity index (χ1v) is 4.42. The van der Waals surface area contributed by atoms with E-state index in [1.807, 2.05) is 0 Å². The summed E-state index contributed by atoms with van der Waals surface area (Å²) in [5.74, 6) is 0. The van der Waals surface area contributed by atoms with Gasteiger partial charge >= 0.3 is 0 Å². The minimum Gasteiger partial charge on any atom is -0.394 e. The summed E-state index contributed by atoms with van der Waals surface area (Å²) >= 11 is 0. The molecule has 3 unspecified atom stereocenters. The lowest BCUT2D eigenvalue weighted by molar-refractivity contribution is -0.224. The summed E-state index contributed by atoms with van der Waals surface area (Å²) in [7, 11) is 1.80. The predicted octanol–water partition coefficient (Wildman–Crippen LogP) is -3.12. The van der Waals surface area contributed by atoms with Gasteiger partial charge in [-0.2, -0.15) is 0 Å². The highest BCUT2D eigenvalue weighted by molar-refractivity contribution is 6.08. The Bertz CT molecular complexity index is 147. The van der Waals surface area contributed by atoms with E-state index in [0.717, 1.165) is 0 Å². The monoisotopic (exact) mass is 190 g/mol. The molecule has 0 aromatic carbocycles. The van der Waals surface area contributed by atoms with Gasteiger partial charge in [0, 0.05) is 0 Å². The van der Waals surface area contributed by atoms with Crippen LogP contribution in [0, 0.1) is 0 Å². The molecule has 0 radical (unpaired) electrons. The van der Waals surface area contributed by atoms with Crippen molar-refractivity contribution in [2.45, 2.75) is 36.8 Å².